The number of rotatable bonds is 3. The highest BCUT2D eigenvalue weighted by Gasteiger charge is 2.28. The third-order valence-corrected chi connectivity index (χ3v) is 3.73. The van der Waals surface area contributed by atoms with Gasteiger partial charge in [-0.05, 0) is 37.5 Å². The second-order valence-corrected chi connectivity index (χ2v) is 5.20. The SMILES string of the molecule is CCC(C)OC(=O)N1CCC(c2ccc(N)cc2)C1. The molecule has 2 unspecified atom stereocenters. The van der Waals surface area contributed by atoms with E-state index in [0.29, 0.717) is 5.92 Å². The molecule has 1 aromatic rings. The summed E-state index contributed by atoms with van der Waals surface area (Å²) in [4.78, 5) is 13.7. The van der Waals surface area contributed by atoms with E-state index in [9.17, 15) is 4.79 Å². The quantitative estimate of drug-likeness (QED) is 0.852. The molecule has 2 atom stereocenters. The van der Waals surface area contributed by atoms with Crippen LogP contribution in [-0.2, 0) is 4.74 Å². The summed E-state index contributed by atoms with van der Waals surface area (Å²) in [5, 5.41) is 0. The molecule has 0 bridgehead atoms. The summed E-state index contributed by atoms with van der Waals surface area (Å²) >= 11 is 0. The first-order valence-corrected chi connectivity index (χ1v) is 6.91. The van der Waals surface area contributed by atoms with Crippen molar-refractivity contribution in [1.29, 1.82) is 0 Å². The van der Waals surface area contributed by atoms with Crippen LogP contribution in [0.1, 0.15) is 38.2 Å². The predicted octanol–water partition coefficient (Wildman–Crippen LogP) is 2.99. The fraction of sp³-hybridized carbons (Fsp3) is 0.533. The summed E-state index contributed by atoms with van der Waals surface area (Å²) in [7, 11) is 0. The number of nitrogen functional groups attached to an aromatic ring is 1. The van der Waals surface area contributed by atoms with Crippen LogP contribution in [0.4, 0.5) is 10.5 Å². The zero-order valence-corrected chi connectivity index (χ0v) is 11.6. The summed E-state index contributed by atoms with van der Waals surface area (Å²) < 4.78 is 5.35. The molecule has 1 aliphatic heterocycles. The molecule has 1 aromatic carbocycles. The summed E-state index contributed by atoms with van der Waals surface area (Å²) in [5.74, 6) is 0.394. The Morgan fingerprint density at radius 2 is 2.16 bits per heavy atom. The summed E-state index contributed by atoms with van der Waals surface area (Å²) in [6.45, 7) is 5.44. The van der Waals surface area contributed by atoms with Crippen molar-refractivity contribution in [3.8, 4) is 0 Å². The second-order valence-electron chi connectivity index (χ2n) is 5.20. The molecule has 0 saturated carbocycles. The number of likely N-dealkylation sites (tertiary alicyclic amines) is 1. The Morgan fingerprint density at radius 1 is 1.47 bits per heavy atom. The van der Waals surface area contributed by atoms with Gasteiger partial charge in [-0.15, -0.1) is 0 Å². The van der Waals surface area contributed by atoms with Crippen LogP contribution < -0.4 is 5.73 Å². The molecule has 0 radical (unpaired) electrons. The van der Waals surface area contributed by atoms with Crippen molar-refractivity contribution < 1.29 is 9.53 Å². The Bertz CT molecular complexity index is 430. The lowest BCUT2D eigenvalue weighted by atomic mass is 9.98. The molecule has 0 aliphatic carbocycles. The number of nitrogens with zero attached hydrogens (tertiary/aromatic N) is 1. The van der Waals surface area contributed by atoms with Gasteiger partial charge < -0.3 is 15.4 Å². The number of carbonyl (C=O) groups excluding carboxylic acids is 1. The Balaban J connectivity index is 1.92. The molecule has 2 rings (SSSR count). The van der Waals surface area contributed by atoms with Gasteiger partial charge in [0.15, 0.2) is 0 Å². The fourth-order valence-electron chi connectivity index (χ4n) is 2.30. The highest BCUT2D eigenvalue weighted by Crippen LogP contribution is 2.28. The Morgan fingerprint density at radius 3 is 2.79 bits per heavy atom. The molecule has 0 aromatic heterocycles. The Kier molecular flexibility index (Phi) is 4.30. The maximum Gasteiger partial charge on any atom is 0.410 e. The average molecular weight is 262 g/mol. The first-order valence-electron chi connectivity index (χ1n) is 6.91. The molecule has 2 N–H and O–H groups in total. The van der Waals surface area contributed by atoms with Crippen LogP contribution in [0.3, 0.4) is 0 Å². The number of hydrogen-bond donors (Lipinski definition) is 1. The Hall–Kier alpha value is -1.71. The number of nitrogens with two attached hydrogens (primary N) is 1. The van der Waals surface area contributed by atoms with Gasteiger partial charge in [0.1, 0.15) is 6.10 Å². The first-order chi connectivity index (χ1) is 9.10. The smallest absolute Gasteiger partial charge is 0.410 e. The number of anilines is 1. The van der Waals surface area contributed by atoms with Gasteiger partial charge in [-0.3, -0.25) is 0 Å². The first kappa shape index (κ1) is 13.7. The molecule has 0 spiro atoms. The van der Waals surface area contributed by atoms with Gasteiger partial charge in [0.25, 0.3) is 0 Å². The van der Waals surface area contributed by atoms with Gasteiger partial charge in [0.05, 0.1) is 0 Å². The monoisotopic (exact) mass is 262 g/mol. The van der Waals surface area contributed by atoms with Crippen LogP contribution in [0, 0.1) is 0 Å². The van der Waals surface area contributed by atoms with Crippen molar-refractivity contribution >= 4 is 11.8 Å². The van der Waals surface area contributed by atoms with Gasteiger partial charge in [-0.1, -0.05) is 19.1 Å². The molecule has 1 amide bonds. The van der Waals surface area contributed by atoms with E-state index in [0.717, 1.165) is 31.6 Å². The topological polar surface area (TPSA) is 55.6 Å². The molecule has 104 valence electrons. The molecule has 4 nitrogen and oxygen atoms in total. The van der Waals surface area contributed by atoms with E-state index in [4.69, 9.17) is 10.5 Å². The second kappa shape index (κ2) is 5.95. The zero-order chi connectivity index (χ0) is 13.8. The maximum absolute atomic E-state index is 11.9. The average Bonchev–Trinajstić information content (AvgIpc) is 2.89. The molecule has 4 heteroatoms. The van der Waals surface area contributed by atoms with E-state index in [2.05, 4.69) is 0 Å². The molecule has 1 aliphatic rings. The lowest BCUT2D eigenvalue weighted by molar-refractivity contribution is 0.0744. The van der Waals surface area contributed by atoms with Crippen LogP contribution in [-0.4, -0.2) is 30.2 Å². The maximum atomic E-state index is 11.9. The van der Waals surface area contributed by atoms with E-state index in [-0.39, 0.29) is 12.2 Å². The van der Waals surface area contributed by atoms with Crippen LogP contribution in [0.25, 0.3) is 0 Å². The molecule has 1 heterocycles. The van der Waals surface area contributed by atoms with Crippen molar-refractivity contribution in [3.63, 3.8) is 0 Å². The van der Waals surface area contributed by atoms with E-state index >= 15 is 0 Å². The number of carbonyl (C=O) groups is 1. The van der Waals surface area contributed by atoms with Gasteiger partial charge in [-0.25, -0.2) is 4.79 Å². The van der Waals surface area contributed by atoms with E-state index in [1.165, 1.54) is 5.56 Å². The minimum absolute atomic E-state index is 0.0110. The summed E-state index contributed by atoms with van der Waals surface area (Å²) in [6.07, 6.45) is 1.64. The van der Waals surface area contributed by atoms with Crippen molar-refractivity contribution in [1.82, 2.24) is 4.90 Å². The molecule has 1 fully saturated rings. The lowest BCUT2D eigenvalue weighted by Crippen LogP contribution is -2.31. The van der Waals surface area contributed by atoms with E-state index in [1.807, 2.05) is 38.1 Å². The number of amides is 1. The standard InChI is InChI=1S/C15H22N2O2/c1-3-11(2)19-15(18)17-9-8-13(10-17)12-4-6-14(16)7-5-12/h4-7,11,13H,3,8-10,16H2,1-2H3. The van der Waals surface area contributed by atoms with E-state index in [1.54, 1.807) is 4.90 Å². The van der Waals surface area contributed by atoms with Crippen molar-refractivity contribution in [2.24, 2.45) is 0 Å². The van der Waals surface area contributed by atoms with E-state index < -0.39 is 0 Å². The normalized spacial score (nSPS) is 20.3. The fourth-order valence-corrected chi connectivity index (χ4v) is 2.30. The molecule has 19 heavy (non-hydrogen) atoms. The van der Waals surface area contributed by atoms with Crippen molar-refractivity contribution in [2.45, 2.75) is 38.7 Å². The number of hydrogen-bond acceptors (Lipinski definition) is 3. The minimum Gasteiger partial charge on any atom is -0.446 e. The Labute approximate surface area is 114 Å². The number of benzene rings is 1. The molecule has 1 saturated heterocycles. The predicted molar refractivity (Wildman–Crippen MR) is 76.0 cm³/mol. The lowest BCUT2D eigenvalue weighted by Gasteiger charge is -2.19. The summed E-state index contributed by atoms with van der Waals surface area (Å²) in [5.41, 5.74) is 7.70. The zero-order valence-electron chi connectivity index (χ0n) is 11.6. The highest BCUT2D eigenvalue weighted by molar-refractivity contribution is 5.68. The largest absolute Gasteiger partial charge is 0.446 e. The van der Waals surface area contributed by atoms with Crippen molar-refractivity contribution in [3.05, 3.63) is 29.8 Å². The van der Waals surface area contributed by atoms with Gasteiger partial charge in [-0.2, -0.15) is 0 Å². The van der Waals surface area contributed by atoms with Crippen LogP contribution in [0.5, 0.6) is 0 Å². The molecular weight excluding hydrogens is 240 g/mol. The summed E-state index contributed by atoms with van der Waals surface area (Å²) in [6, 6.07) is 7.91. The third kappa shape index (κ3) is 3.40. The van der Waals surface area contributed by atoms with Gasteiger partial charge in [0.2, 0.25) is 0 Å². The highest BCUT2D eigenvalue weighted by atomic mass is 16.6. The third-order valence-electron chi connectivity index (χ3n) is 3.73. The van der Waals surface area contributed by atoms with Gasteiger partial charge in [0, 0.05) is 24.7 Å². The van der Waals surface area contributed by atoms with Crippen molar-refractivity contribution in [2.75, 3.05) is 18.8 Å². The molecular formula is C15H22N2O2. The van der Waals surface area contributed by atoms with Crippen LogP contribution >= 0.6 is 0 Å². The minimum atomic E-state index is -0.188. The number of ether oxygens (including phenoxy) is 1. The van der Waals surface area contributed by atoms with Gasteiger partial charge >= 0.3 is 6.09 Å². The van der Waals surface area contributed by atoms with Crippen LogP contribution in [0.2, 0.25) is 0 Å². The van der Waals surface area contributed by atoms with Crippen LogP contribution in [0.15, 0.2) is 24.3 Å².